The fraction of sp³-hybridized carbons (Fsp3) is 0.467. The summed E-state index contributed by atoms with van der Waals surface area (Å²) in [5.41, 5.74) is 4.48. The Morgan fingerprint density at radius 2 is 2.15 bits per heavy atom. The minimum Gasteiger partial charge on any atom is -0.311 e. The van der Waals surface area contributed by atoms with Crippen molar-refractivity contribution in [3.8, 4) is 5.69 Å². The smallest absolute Gasteiger partial charge is 0.0969 e. The third kappa shape index (κ3) is 3.10. The maximum absolute atomic E-state index is 4.25. The monoisotopic (exact) mass is 334 g/mol. The number of aryl methyl sites for hydroxylation is 2. The van der Waals surface area contributed by atoms with Crippen LogP contribution in [0, 0.1) is 19.8 Å². The zero-order valence-corrected chi connectivity index (χ0v) is 13.4. The fourth-order valence-corrected chi connectivity index (χ4v) is 3.27. The molecule has 0 radical (unpaired) electrons. The van der Waals surface area contributed by atoms with Gasteiger partial charge in [-0.3, -0.25) is 0 Å². The van der Waals surface area contributed by atoms with E-state index in [0.29, 0.717) is 0 Å². The van der Waals surface area contributed by atoms with E-state index in [2.05, 4.69) is 57.5 Å². The second-order valence-electron chi connectivity index (χ2n) is 5.64. The Balaban J connectivity index is 1.75. The van der Waals surface area contributed by atoms with Crippen LogP contribution in [0.3, 0.4) is 0 Å². The summed E-state index contributed by atoms with van der Waals surface area (Å²) in [4.78, 5) is 0. The molecule has 1 aromatic heterocycles. The summed E-state index contributed by atoms with van der Waals surface area (Å²) in [5.74, 6) is 0.888. The largest absolute Gasteiger partial charge is 0.311 e. The van der Waals surface area contributed by atoms with Crippen LogP contribution >= 0.6 is 15.9 Å². The van der Waals surface area contributed by atoms with E-state index in [1.165, 1.54) is 24.0 Å². The number of hydrogen-bond donors (Lipinski definition) is 1. The summed E-state index contributed by atoms with van der Waals surface area (Å²) in [7, 11) is 0. The first-order valence-corrected chi connectivity index (χ1v) is 7.82. The predicted molar refractivity (Wildman–Crippen MR) is 83.0 cm³/mol. The van der Waals surface area contributed by atoms with Crippen molar-refractivity contribution >= 4 is 15.9 Å². The van der Waals surface area contributed by atoms with Crippen LogP contribution in [-0.4, -0.2) is 21.5 Å². The van der Waals surface area contributed by atoms with E-state index in [-0.39, 0.29) is 0 Å². The molecule has 1 aromatic carbocycles. The highest BCUT2D eigenvalue weighted by molar-refractivity contribution is 9.10. The molecule has 1 aliphatic rings. The van der Waals surface area contributed by atoms with Gasteiger partial charge in [-0.25, -0.2) is 4.68 Å². The Kier molecular flexibility index (Phi) is 3.89. The lowest BCUT2D eigenvalue weighted by molar-refractivity contribution is 0.628. The molecule has 3 rings (SSSR count). The predicted octanol–water partition coefficient (Wildman–Crippen LogP) is 3.15. The van der Waals surface area contributed by atoms with Crippen molar-refractivity contribution in [2.75, 3.05) is 6.54 Å². The minimum atomic E-state index is 0.791. The molecule has 4 nitrogen and oxygen atoms in total. The average Bonchev–Trinajstić information content (AvgIpc) is 3.07. The SMILES string of the molecule is Cc1cc(C)c(-n2cc(CNCC3CC3)nn2)c(Br)c1. The topological polar surface area (TPSA) is 42.7 Å². The Bertz CT molecular complexity index is 593. The van der Waals surface area contributed by atoms with Crippen molar-refractivity contribution in [1.29, 1.82) is 0 Å². The van der Waals surface area contributed by atoms with E-state index in [4.69, 9.17) is 0 Å². The second-order valence-corrected chi connectivity index (χ2v) is 6.50. The van der Waals surface area contributed by atoms with E-state index < -0.39 is 0 Å². The number of rotatable bonds is 5. The fourth-order valence-electron chi connectivity index (χ4n) is 2.41. The lowest BCUT2D eigenvalue weighted by atomic mass is 10.1. The van der Waals surface area contributed by atoms with Gasteiger partial charge in [-0.05, 0) is 72.3 Å². The summed E-state index contributed by atoms with van der Waals surface area (Å²) in [6.45, 7) is 6.08. The zero-order chi connectivity index (χ0) is 14.1. The third-order valence-electron chi connectivity index (χ3n) is 3.60. The highest BCUT2D eigenvalue weighted by Crippen LogP contribution is 2.28. The number of hydrogen-bond acceptors (Lipinski definition) is 3. The first kappa shape index (κ1) is 13.8. The number of benzene rings is 1. The van der Waals surface area contributed by atoms with Gasteiger partial charge in [-0.15, -0.1) is 5.10 Å². The van der Waals surface area contributed by atoms with Crippen LogP contribution in [0.25, 0.3) is 5.69 Å². The van der Waals surface area contributed by atoms with Crippen LogP contribution in [-0.2, 0) is 6.54 Å². The molecule has 0 amide bonds. The number of halogens is 1. The number of aromatic nitrogens is 3. The average molecular weight is 335 g/mol. The third-order valence-corrected chi connectivity index (χ3v) is 4.21. The summed E-state index contributed by atoms with van der Waals surface area (Å²) in [5, 5.41) is 11.9. The normalized spacial score (nSPS) is 14.8. The highest BCUT2D eigenvalue weighted by Gasteiger charge is 2.20. The Morgan fingerprint density at radius 3 is 2.85 bits per heavy atom. The molecule has 1 heterocycles. The van der Waals surface area contributed by atoms with Crippen molar-refractivity contribution in [1.82, 2.24) is 20.3 Å². The number of nitrogens with zero attached hydrogens (tertiary/aromatic N) is 3. The van der Waals surface area contributed by atoms with Crippen LogP contribution in [0.4, 0.5) is 0 Å². The second kappa shape index (κ2) is 5.66. The molecule has 1 aliphatic carbocycles. The lowest BCUT2D eigenvalue weighted by Gasteiger charge is -2.09. The van der Waals surface area contributed by atoms with Crippen molar-refractivity contribution in [3.05, 3.63) is 39.6 Å². The van der Waals surface area contributed by atoms with Crippen LogP contribution in [0.1, 0.15) is 29.7 Å². The maximum Gasteiger partial charge on any atom is 0.0969 e. The molecule has 0 atom stereocenters. The molecule has 0 aliphatic heterocycles. The quantitative estimate of drug-likeness (QED) is 0.913. The van der Waals surface area contributed by atoms with Crippen molar-refractivity contribution < 1.29 is 0 Å². The number of nitrogens with one attached hydrogen (secondary N) is 1. The van der Waals surface area contributed by atoms with Gasteiger partial charge in [0, 0.05) is 11.0 Å². The van der Waals surface area contributed by atoms with Gasteiger partial charge >= 0.3 is 0 Å². The van der Waals surface area contributed by atoms with Gasteiger partial charge < -0.3 is 5.32 Å². The van der Waals surface area contributed by atoms with Gasteiger partial charge in [0.1, 0.15) is 0 Å². The van der Waals surface area contributed by atoms with Crippen LogP contribution in [0.2, 0.25) is 0 Å². The molecular weight excluding hydrogens is 316 g/mol. The van der Waals surface area contributed by atoms with E-state index >= 15 is 0 Å². The van der Waals surface area contributed by atoms with Gasteiger partial charge in [0.15, 0.2) is 0 Å². The minimum absolute atomic E-state index is 0.791. The van der Waals surface area contributed by atoms with Gasteiger partial charge in [0.05, 0.1) is 17.6 Å². The first-order valence-electron chi connectivity index (χ1n) is 7.02. The molecular formula is C15H19BrN4. The molecule has 20 heavy (non-hydrogen) atoms. The zero-order valence-electron chi connectivity index (χ0n) is 11.9. The maximum atomic E-state index is 4.25. The van der Waals surface area contributed by atoms with Gasteiger partial charge in [-0.2, -0.15) is 0 Å². The van der Waals surface area contributed by atoms with Crippen LogP contribution < -0.4 is 5.32 Å². The molecule has 0 spiro atoms. The summed E-state index contributed by atoms with van der Waals surface area (Å²) in [6, 6.07) is 4.27. The first-order chi connectivity index (χ1) is 9.63. The molecule has 5 heteroatoms. The van der Waals surface area contributed by atoms with Gasteiger partial charge in [-0.1, -0.05) is 11.3 Å². The van der Waals surface area contributed by atoms with E-state index in [1.807, 2.05) is 10.9 Å². The lowest BCUT2D eigenvalue weighted by Crippen LogP contribution is -2.16. The molecule has 1 N–H and O–H groups in total. The molecule has 0 unspecified atom stereocenters. The van der Waals surface area contributed by atoms with E-state index in [1.54, 1.807) is 0 Å². The Morgan fingerprint density at radius 1 is 1.35 bits per heavy atom. The Labute approximate surface area is 127 Å². The molecule has 0 saturated heterocycles. The summed E-state index contributed by atoms with van der Waals surface area (Å²) >= 11 is 3.62. The van der Waals surface area contributed by atoms with E-state index in [9.17, 15) is 0 Å². The van der Waals surface area contributed by atoms with Crippen molar-refractivity contribution in [3.63, 3.8) is 0 Å². The van der Waals surface area contributed by atoms with Crippen molar-refractivity contribution in [2.45, 2.75) is 33.2 Å². The van der Waals surface area contributed by atoms with Crippen LogP contribution in [0.5, 0.6) is 0 Å². The molecule has 1 saturated carbocycles. The summed E-state index contributed by atoms with van der Waals surface area (Å²) in [6.07, 6.45) is 4.74. The van der Waals surface area contributed by atoms with Crippen LogP contribution in [0.15, 0.2) is 22.8 Å². The molecule has 0 bridgehead atoms. The molecule has 106 valence electrons. The van der Waals surface area contributed by atoms with Crippen molar-refractivity contribution in [2.24, 2.45) is 5.92 Å². The molecule has 1 fully saturated rings. The van der Waals surface area contributed by atoms with Gasteiger partial charge in [0.2, 0.25) is 0 Å². The molecule has 2 aromatic rings. The summed E-state index contributed by atoms with van der Waals surface area (Å²) < 4.78 is 2.91. The van der Waals surface area contributed by atoms with Gasteiger partial charge in [0.25, 0.3) is 0 Å². The Hall–Kier alpha value is -1.20. The standard InChI is InChI=1S/C15H19BrN4/c1-10-5-11(2)15(14(16)6-10)20-9-13(18-19-20)8-17-7-12-3-4-12/h5-6,9,12,17H,3-4,7-8H2,1-2H3. The highest BCUT2D eigenvalue weighted by atomic mass is 79.9. The van der Waals surface area contributed by atoms with E-state index in [0.717, 1.165) is 34.9 Å².